The number of anilines is 1. The number of likely N-dealkylation sites (tertiary alicyclic amines) is 1. The third kappa shape index (κ3) is 5.81. The van der Waals surface area contributed by atoms with Crippen LogP contribution in [0.1, 0.15) is 51.8 Å². The molecule has 0 bridgehead atoms. The zero-order chi connectivity index (χ0) is 23.0. The number of carbonyl (C=O) groups is 2. The quantitative estimate of drug-likeness (QED) is 0.531. The van der Waals surface area contributed by atoms with E-state index >= 15 is 0 Å². The molecule has 0 spiro atoms. The van der Waals surface area contributed by atoms with Crippen LogP contribution < -0.4 is 15.4 Å². The zero-order valence-corrected chi connectivity index (χ0v) is 18.8. The van der Waals surface area contributed by atoms with E-state index in [0.29, 0.717) is 17.8 Å². The van der Waals surface area contributed by atoms with Crippen LogP contribution in [0.15, 0.2) is 71.3 Å². The minimum atomic E-state index is -0.332. The molecule has 1 aliphatic rings. The van der Waals surface area contributed by atoms with Crippen molar-refractivity contribution in [1.29, 1.82) is 0 Å². The van der Waals surface area contributed by atoms with Gasteiger partial charge in [0.25, 0.3) is 11.8 Å². The van der Waals surface area contributed by atoms with E-state index in [4.69, 9.17) is 9.15 Å². The summed E-state index contributed by atoms with van der Waals surface area (Å²) >= 11 is 0. The maximum Gasteiger partial charge on any atom is 0.291 e. The van der Waals surface area contributed by atoms with Gasteiger partial charge in [0.1, 0.15) is 5.75 Å². The Kier molecular flexibility index (Phi) is 7.42. The Bertz CT molecular complexity index is 1040. The lowest BCUT2D eigenvalue weighted by atomic mass is 10.0. The number of methoxy groups -OCH3 is 1. The molecule has 172 valence electrons. The summed E-state index contributed by atoms with van der Waals surface area (Å²) < 4.78 is 10.4. The van der Waals surface area contributed by atoms with Crippen LogP contribution in [0, 0.1) is 0 Å². The van der Waals surface area contributed by atoms with Crippen LogP contribution in [-0.2, 0) is 0 Å². The largest absolute Gasteiger partial charge is 0.497 e. The number of nitrogens with zero attached hydrogens (tertiary/aromatic N) is 1. The molecule has 2 aromatic carbocycles. The minimum absolute atomic E-state index is 0.104. The van der Waals surface area contributed by atoms with Crippen LogP contribution in [0.2, 0.25) is 0 Å². The predicted octanol–water partition coefficient (Wildman–Crippen LogP) is 4.50. The third-order valence-electron chi connectivity index (χ3n) is 5.94. The molecule has 1 saturated heterocycles. The summed E-state index contributed by atoms with van der Waals surface area (Å²) in [5.74, 6) is 0.578. The second kappa shape index (κ2) is 10.8. The summed E-state index contributed by atoms with van der Waals surface area (Å²) in [6, 6.07) is 18.3. The van der Waals surface area contributed by atoms with Gasteiger partial charge in [-0.15, -0.1) is 0 Å². The summed E-state index contributed by atoms with van der Waals surface area (Å²) in [4.78, 5) is 27.4. The fourth-order valence-corrected chi connectivity index (χ4v) is 4.11. The molecule has 0 aliphatic carbocycles. The maximum absolute atomic E-state index is 12.8. The maximum atomic E-state index is 12.8. The Hall–Kier alpha value is -3.58. The van der Waals surface area contributed by atoms with Crippen LogP contribution in [0.3, 0.4) is 0 Å². The Balaban J connectivity index is 1.39. The van der Waals surface area contributed by atoms with Crippen LogP contribution in [0.5, 0.6) is 5.75 Å². The minimum Gasteiger partial charge on any atom is -0.497 e. The Morgan fingerprint density at radius 2 is 1.70 bits per heavy atom. The van der Waals surface area contributed by atoms with Crippen molar-refractivity contribution in [2.24, 2.45) is 0 Å². The molecule has 0 radical (unpaired) electrons. The number of piperidine rings is 1. The van der Waals surface area contributed by atoms with Gasteiger partial charge < -0.3 is 19.8 Å². The summed E-state index contributed by atoms with van der Waals surface area (Å²) in [5, 5.41) is 5.85. The molecule has 4 rings (SSSR count). The van der Waals surface area contributed by atoms with Crippen LogP contribution in [-0.4, -0.2) is 43.5 Å². The highest BCUT2D eigenvalue weighted by Gasteiger charge is 2.23. The molecule has 2 amide bonds. The normalized spacial score (nSPS) is 14.9. The van der Waals surface area contributed by atoms with Gasteiger partial charge in [-0.3, -0.25) is 14.5 Å². The fourth-order valence-electron chi connectivity index (χ4n) is 4.11. The molecule has 1 aliphatic heterocycles. The first-order chi connectivity index (χ1) is 16.1. The molecule has 0 saturated carbocycles. The SMILES string of the molecule is COc1ccc([C@H](CNC(=O)c2ccc(NC(=O)c3ccco3)cc2)N2CCCCC2)cc1. The van der Waals surface area contributed by atoms with E-state index in [1.54, 1.807) is 43.5 Å². The van der Waals surface area contributed by atoms with Crippen LogP contribution in [0.4, 0.5) is 5.69 Å². The number of nitrogens with one attached hydrogen (secondary N) is 2. The first kappa shape index (κ1) is 22.6. The van der Waals surface area contributed by atoms with E-state index in [0.717, 1.165) is 24.4 Å². The van der Waals surface area contributed by atoms with E-state index in [-0.39, 0.29) is 23.6 Å². The molecule has 2 N–H and O–H groups in total. The van der Waals surface area contributed by atoms with Gasteiger partial charge >= 0.3 is 0 Å². The van der Waals surface area contributed by atoms with Crippen LogP contribution in [0.25, 0.3) is 0 Å². The standard InChI is InChI=1S/C26H29N3O4/c1-32-22-13-9-19(10-14-22)23(29-15-3-2-4-16-29)18-27-25(30)20-7-11-21(12-8-20)28-26(31)24-6-5-17-33-24/h5-14,17,23H,2-4,15-16,18H2,1H3,(H,27,30)(H,28,31)/t23-/m0/s1. The highest BCUT2D eigenvalue weighted by Crippen LogP contribution is 2.26. The third-order valence-corrected chi connectivity index (χ3v) is 5.94. The lowest BCUT2D eigenvalue weighted by Crippen LogP contribution is -2.40. The van der Waals surface area contributed by atoms with E-state index < -0.39 is 0 Å². The molecule has 1 atom stereocenters. The van der Waals surface area contributed by atoms with Gasteiger partial charge in [0.2, 0.25) is 0 Å². The molecule has 2 heterocycles. The number of hydrogen-bond acceptors (Lipinski definition) is 5. The number of benzene rings is 2. The van der Waals surface area contributed by atoms with Gasteiger partial charge in [0, 0.05) is 17.8 Å². The van der Waals surface area contributed by atoms with Crippen molar-refractivity contribution in [3.8, 4) is 5.75 Å². The second-order valence-corrected chi connectivity index (χ2v) is 8.10. The molecule has 7 nitrogen and oxygen atoms in total. The average molecular weight is 448 g/mol. The number of carbonyl (C=O) groups excluding carboxylic acids is 2. The van der Waals surface area contributed by atoms with Crippen molar-refractivity contribution in [1.82, 2.24) is 10.2 Å². The van der Waals surface area contributed by atoms with Crippen molar-refractivity contribution in [2.75, 3.05) is 32.1 Å². The number of furan rings is 1. The summed E-state index contributed by atoms with van der Waals surface area (Å²) in [6.07, 6.45) is 5.05. The fraction of sp³-hybridized carbons (Fsp3) is 0.308. The average Bonchev–Trinajstić information content (AvgIpc) is 3.41. The van der Waals surface area contributed by atoms with Gasteiger partial charge in [-0.1, -0.05) is 18.6 Å². The van der Waals surface area contributed by atoms with Crippen molar-refractivity contribution in [3.05, 3.63) is 83.8 Å². The molecule has 1 fully saturated rings. The summed E-state index contributed by atoms with van der Waals surface area (Å²) in [6.45, 7) is 2.56. The van der Waals surface area contributed by atoms with Gasteiger partial charge in [-0.2, -0.15) is 0 Å². The smallest absolute Gasteiger partial charge is 0.291 e. The number of ether oxygens (including phenoxy) is 1. The van der Waals surface area contributed by atoms with Gasteiger partial charge in [-0.05, 0) is 80.0 Å². The van der Waals surface area contributed by atoms with Gasteiger partial charge in [0.15, 0.2) is 5.76 Å². The molecule has 1 aromatic heterocycles. The molecular formula is C26H29N3O4. The molecule has 7 heteroatoms. The topological polar surface area (TPSA) is 83.8 Å². The summed E-state index contributed by atoms with van der Waals surface area (Å²) in [7, 11) is 1.66. The second-order valence-electron chi connectivity index (χ2n) is 8.10. The monoisotopic (exact) mass is 447 g/mol. The van der Waals surface area contributed by atoms with Crippen molar-refractivity contribution < 1.29 is 18.7 Å². The Morgan fingerprint density at radius 3 is 2.33 bits per heavy atom. The predicted molar refractivity (Wildman–Crippen MR) is 127 cm³/mol. The van der Waals surface area contributed by atoms with Gasteiger partial charge in [0.05, 0.1) is 19.4 Å². The lowest BCUT2D eigenvalue weighted by Gasteiger charge is -2.35. The summed E-state index contributed by atoms with van der Waals surface area (Å²) in [5.41, 5.74) is 2.30. The van der Waals surface area contributed by atoms with Crippen molar-refractivity contribution >= 4 is 17.5 Å². The number of rotatable bonds is 8. The Morgan fingerprint density at radius 1 is 0.970 bits per heavy atom. The first-order valence-corrected chi connectivity index (χ1v) is 11.2. The first-order valence-electron chi connectivity index (χ1n) is 11.2. The lowest BCUT2D eigenvalue weighted by molar-refractivity contribution is 0.0924. The zero-order valence-electron chi connectivity index (χ0n) is 18.8. The van der Waals surface area contributed by atoms with E-state index in [2.05, 4.69) is 27.7 Å². The molecular weight excluding hydrogens is 418 g/mol. The molecule has 0 unspecified atom stereocenters. The van der Waals surface area contributed by atoms with E-state index in [1.807, 2.05) is 12.1 Å². The van der Waals surface area contributed by atoms with Crippen LogP contribution >= 0.6 is 0 Å². The highest BCUT2D eigenvalue weighted by atomic mass is 16.5. The molecule has 33 heavy (non-hydrogen) atoms. The van der Waals surface area contributed by atoms with Crippen molar-refractivity contribution in [2.45, 2.75) is 25.3 Å². The Labute approximate surface area is 193 Å². The number of hydrogen-bond donors (Lipinski definition) is 2. The highest BCUT2D eigenvalue weighted by molar-refractivity contribution is 6.02. The van der Waals surface area contributed by atoms with E-state index in [9.17, 15) is 9.59 Å². The molecule has 3 aromatic rings. The van der Waals surface area contributed by atoms with Gasteiger partial charge in [-0.25, -0.2) is 0 Å². The van der Waals surface area contributed by atoms with Crippen molar-refractivity contribution in [3.63, 3.8) is 0 Å². The van der Waals surface area contributed by atoms with E-state index in [1.165, 1.54) is 25.5 Å². The number of amides is 2.